The SMILES string of the molecule is COc1nc(NS(=O)(=O)c2ccc(F)c(F)c2Cl)ccc1/C=C/c1cnc(N[C@H]2CC[C@H](N(C)C)CC2)nc1. The number of hydrogen-bond donors (Lipinski definition) is 2. The van der Waals surface area contributed by atoms with Gasteiger partial charge in [-0.1, -0.05) is 17.7 Å². The summed E-state index contributed by atoms with van der Waals surface area (Å²) in [6, 6.07) is 5.52. The third-order valence-electron chi connectivity index (χ3n) is 6.50. The van der Waals surface area contributed by atoms with Gasteiger partial charge in [0.15, 0.2) is 11.6 Å². The van der Waals surface area contributed by atoms with Crippen molar-refractivity contribution in [1.82, 2.24) is 19.9 Å². The van der Waals surface area contributed by atoms with E-state index >= 15 is 0 Å². The maximum Gasteiger partial charge on any atom is 0.264 e. The lowest BCUT2D eigenvalue weighted by Gasteiger charge is -2.32. The van der Waals surface area contributed by atoms with Crippen LogP contribution >= 0.6 is 11.6 Å². The van der Waals surface area contributed by atoms with E-state index in [0.717, 1.165) is 37.3 Å². The number of halogens is 3. The van der Waals surface area contributed by atoms with Gasteiger partial charge in [0.1, 0.15) is 10.7 Å². The van der Waals surface area contributed by atoms with Crippen LogP contribution in [0.1, 0.15) is 36.8 Å². The standard InChI is InChI=1S/C26H29ClF2N6O3S/c1-35(2)19-9-7-18(8-10-19)32-26-30-14-16(15-31-26)4-5-17-6-13-22(33-25(17)38-3)34-39(36,37)21-12-11-20(28)24(29)23(21)27/h4-6,11-15,18-19H,7-10H2,1-3H3,(H,33,34)(H,30,31,32)/b5-4+/t18-,19-. The first kappa shape index (κ1) is 28.7. The average molecular weight is 579 g/mol. The predicted octanol–water partition coefficient (Wildman–Crippen LogP) is 5.07. The van der Waals surface area contributed by atoms with Gasteiger partial charge < -0.3 is 15.0 Å². The summed E-state index contributed by atoms with van der Waals surface area (Å²) in [5, 5.41) is 2.55. The number of pyridine rings is 1. The van der Waals surface area contributed by atoms with Crippen LogP contribution in [-0.2, 0) is 10.0 Å². The van der Waals surface area contributed by atoms with Gasteiger partial charge in [0.2, 0.25) is 11.8 Å². The van der Waals surface area contributed by atoms with E-state index < -0.39 is 31.6 Å². The molecule has 208 valence electrons. The molecule has 3 aromatic rings. The minimum absolute atomic E-state index is 0.0943. The summed E-state index contributed by atoms with van der Waals surface area (Å²) in [4.78, 5) is 14.6. The Bertz CT molecular complexity index is 1450. The lowest BCUT2D eigenvalue weighted by atomic mass is 9.91. The fraction of sp³-hybridized carbons (Fsp3) is 0.346. The molecule has 13 heteroatoms. The number of ether oxygens (including phenoxy) is 1. The summed E-state index contributed by atoms with van der Waals surface area (Å²) in [5.74, 6) is -2.09. The van der Waals surface area contributed by atoms with E-state index in [-0.39, 0.29) is 11.7 Å². The van der Waals surface area contributed by atoms with Gasteiger partial charge >= 0.3 is 0 Å². The second-order valence-corrected chi connectivity index (χ2v) is 11.4. The number of nitrogens with one attached hydrogen (secondary N) is 2. The van der Waals surface area contributed by atoms with Gasteiger partial charge in [0, 0.05) is 35.6 Å². The highest BCUT2D eigenvalue weighted by Crippen LogP contribution is 2.29. The number of hydrogen-bond acceptors (Lipinski definition) is 8. The minimum Gasteiger partial charge on any atom is -0.481 e. The molecule has 1 fully saturated rings. The first-order valence-corrected chi connectivity index (χ1v) is 14.1. The van der Waals surface area contributed by atoms with Crippen LogP contribution in [0.15, 0.2) is 41.6 Å². The Morgan fingerprint density at radius 1 is 1.05 bits per heavy atom. The van der Waals surface area contributed by atoms with Crippen molar-refractivity contribution in [2.45, 2.75) is 42.7 Å². The highest BCUT2D eigenvalue weighted by atomic mass is 35.5. The molecular formula is C26H29ClF2N6O3S. The third-order valence-corrected chi connectivity index (χ3v) is 8.38. The summed E-state index contributed by atoms with van der Waals surface area (Å²) in [5.41, 5.74) is 1.31. The van der Waals surface area contributed by atoms with Crippen molar-refractivity contribution < 1.29 is 21.9 Å². The van der Waals surface area contributed by atoms with E-state index in [1.165, 1.54) is 13.2 Å². The molecular weight excluding hydrogens is 550 g/mol. The quantitative estimate of drug-likeness (QED) is 0.339. The largest absolute Gasteiger partial charge is 0.481 e. The van der Waals surface area contributed by atoms with E-state index in [1.54, 1.807) is 30.6 Å². The van der Waals surface area contributed by atoms with Gasteiger partial charge in [0.25, 0.3) is 10.0 Å². The molecule has 1 aliphatic rings. The van der Waals surface area contributed by atoms with Crippen LogP contribution in [0, 0.1) is 11.6 Å². The zero-order chi connectivity index (χ0) is 28.2. The van der Waals surface area contributed by atoms with Crippen molar-refractivity contribution >= 4 is 45.5 Å². The van der Waals surface area contributed by atoms with Gasteiger partial charge in [-0.25, -0.2) is 27.2 Å². The van der Waals surface area contributed by atoms with Gasteiger partial charge in [-0.3, -0.25) is 4.72 Å². The van der Waals surface area contributed by atoms with E-state index in [2.05, 4.69) is 44.0 Å². The number of aromatic nitrogens is 3. The Hall–Kier alpha value is -3.35. The number of methoxy groups -OCH3 is 1. The second kappa shape index (κ2) is 12.2. The Morgan fingerprint density at radius 2 is 1.74 bits per heavy atom. The molecule has 0 spiro atoms. The Balaban J connectivity index is 1.41. The molecule has 1 saturated carbocycles. The Labute approximate surface area is 231 Å². The number of anilines is 2. The smallest absolute Gasteiger partial charge is 0.264 e. The zero-order valence-corrected chi connectivity index (χ0v) is 23.2. The van der Waals surface area contributed by atoms with Crippen LogP contribution in [-0.4, -0.2) is 61.6 Å². The van der Waals surface area contributed by atoms with Crippen molar-refractivity contribution in [1.29, 1.82) is 0 Å². The molecule has 0 amide bonds. The lowest BCUT2D eigenvalue weighted by Crippen LogP contribution is -2.36. The first-order valence-electron chi connectivity index (χ1n) is 12.2. The fourth-order valence-corrected chi connectivity index (χ4v) is 5.84. The number of nitrogens with zero attached hydrogens (tertiary/aromatic N) is 4. The second-order valence-electron chi connectivity index (χ2n) is 9.36. The van der Waals surface area contributed by atoms with Crippen LogP contribution in [0.3, 0.4) is 0 Å². The summed E-state index contributed by atoms with van der Waals surface area (Å²) in [6.45, 7) is 0. The summed E-state index contributed by atoms with van der Waals surface area (Å²) in [7, 11) is 1.27. The number of sulfonamides is 1. The Kier molecular flexibility index (Phi) is 8.98. The fourth-order valence-electron chi connectivity index (χ4n) is 4.31. The summed E-state index contributed by atoms with van der Waals surface area (Å²) in [6.07, 6.45) is 11.3. The van der Waals surface area contributed by atoms with Gasteiger partial charge in [-0.05, 0) is 70.1 Å². The maximum absolute atomic E-state index is 13.8. The van der Waals surface area contributed by atoms with Crippen LogP contribution in [0.4, 0.5) is 20.5 Å². The summed E-state index contributed by atoms with van der Waals surface area (Å²) >= 11 is 5.70. The molecule has 0 atom stereocenters. The number of rotatable bonds is 9. The van der Waals surface area contributed by atoms with Crippen molar-refractivity contribution in [3.63, 3.8) is 0 Å². The molecule has 0 saturated heterocycles. The van der Waals surface area contributed by atoms with Crippen molar-refractivity contribution in [2.75, 3.05) is 31.2 Å². The van der Waals surface area contributed by atoms with Gasteiger partial charge in [-0.2, -0.15) is 4.98 Å². The lowest BCUT2D eigenvalue weighted by molar-refractivity contribution is 0.221. The van der Waals surface area contributed by atoms with Crippen molar-refractivity contribution in [3.8, 4) is 5.88 Å². The average Bonchev–Trinajstić information content (AvgIpc) is 2.91. The Morgan fingerprint density at radius 3 is 2.38 bits per heavy atom. The van der Waals surface area contributed by atoms with Crippen molar-refractivity contribution in [3.05, 3.63) is 64.4 Å². The molecule has 0 radical (unpaired) electrons. The van der Waals surface area contributed by atoms with Crippen LogP contribution in [0.5, 0.6) is 5.88 Å². The molecule has 2 heterocycles. The molecule has 9 nitrogen and oxygen atoms in total. The predicted molar refractivity (Wildman–Crippen MR) is 147 cm³/mol. The molecule has 0 unspecified atom stereocenters. The first-order chi connectivity index (χ1) is 18.6. The topological polar surface area (TPSA) is 109 Å². The van der Waals surface area contributed by atoms with E-state index in [0.29, 0.717) is 29.7 Å². The minimum atomic E-state index is -4.35. The molecule has 4 rings (SSSR count). The van der Waals surface area contributed by atoms with E-state index in [1.807, 2.05) is 0 Å². The molecule has 2 aromatic heterocycles. The van der Waals surface area contributed by atoms with Crippen LogP contribution < -0.4 is 14.8 Å². The molecule has 0 bridgehead atoms. The molecule has 2 N–H and O–H groups in total. The monoisotopic (exact) mass is 578 g/mol. The molecule has 0 aliphatic heterocycles. The van der Waals surface area contributed by atoms with Gasteiger partial charge in [-0.15, -0.1) is 0 Å². The van der Waals surface area contributed by atoms with E-state index in [4.69, 9.17) is 16.3 Å². The van der Waals surface area contributed by atoms with Crippen LogP contribution in [0.2, 0.25) is 5.02 Å². The molecule has 1 aliphatic carbocycles. The highest BCUT2D eigenvalue weighted by molar-refractivity contribution is 7.92. The van der Waals surface area contributed by atoms with Crippen molar-refractivity contribution in [2.24, 2.45) is 0 Å². The van der Waals surface area contributed by atoms with E-state index in [9.17, 15) is 17.2 Å². The van der Waals surface area contributed by atoms with Crippen LogP contribution in [0.25, 0.3) is 12.2 Å². The number of benzene rings is 1. The molecule has 39 heavy (non-hydrogen) atoms. The third kappa shape index (κ3) is 7.00. The highest BCUT2D eigenvalue weighted by Gasteiger charge is 2.24. The molecule has 1 aromatic carbocycles. The maximum atomic E-state index is 13.8. The summed E-state index contributed by atoms with van der Waals surface area (Å²) < 4.78 is 60.0. The normalized spacial score (nSPS) is 17.9. The zero-order valence-electron chi connectivity index (χ0n) is 21.7. The van der Waals surface area contributed by atoms with Gasteiger partial charge in [0.05, 0.1) is 12.1 Å².